The second-order valence-electron chi connectivity index (χ2n) is 4.65. The average Bonchev–Trinajstić information content (AvgIpc) is 2.79. The number of rotatable bonds is 4. The summed E-state index contributed by atoms with van der Waals surface area (Å²) in [6.45, 7) is 1.28. The molecule has 2 aromatic rings. The second kappa shape index (κ2) is 6.05. The van der Waals surface area contributed by atoms with Crippen LogP contribution in [0.1, 0.15) is 6.92 Å². The van der Waals surface area contributed by atoms with Crippen LogP contribution >= 0.6 is 11.6 Å². The van der Waals surface area contributed by atoms with Crippen molar-refractivity contribution < 1.29 is 18.5 Å². The zero-order chi connectivity index (χ0) is 15.7. The molecule has 0 aromatic carbocycles. The van der Waals surface area contributed by atoms with Crippen molar-refractivity contribution in [2.24, 2.45) is 0 Å². The van der Waals surface area contributed by atoms with Gasteiger partial charge in [-0.3, -0.25) is 9.00 Å². The smallest absolute Gasteiger partial charge is 0.309 e. The molecule has 0 aliphatic carbocycles. The average molecular weight is 342 g/mol. The second-order valence-corrected chi connectivity index (χ2v) is 6.60. The van der Waals surface area contributed by atoms with Gasteiger partial charge in [0.2, 0.25) is 11.8 Å². The third kappa shape index (κ3) is 3.12. The third-order valence-electron chi connectivity index (χ3n) is 2.87. The lowest BCUT2D eigenvalue weighted by molar-refractivity contribution is -0.132. The van der Waals surface area contributed by atoms with Gasteiger partial charge in [0, 0.05) is 23.9 Å². The van der Waals surface area contributed by atoms with E-state index in [2.05, 4.69) is 10.1 Å². The van der Waals surface area contributed by atoms with Crippen LogP contribution in [0.2, 0.25) is 5.02 Å². The summed E-state index contributed by atoms with van der Waals surface area (Å²) in [5.41, 5.74) is 0. The van der Waals surface area contributed by atoms with E-state index in [1.54, 1.807) is 18.3 Å². The Balaban J connectivity index is 1.92. The minimum absolute atomic E-state index is 0.145. The molecule has 0 N–H and O–H groups in total. The van der Waals surface area contributed by atoms with Crippen LogP contribution in [0.15, 0.2) is 24.4 Å². The fourth-order valence-corrected chi connectivity index (χ4v) is 2.98. The molecule has 0 spiro atoms. The molecule has 0 atom stereocenters. The molecular formula is C13H12ClN3O4S. The zero-order valence-electron chi connectivity index (χ0n) is 11.6. The summed E-state index contributed by atoms with van der Waals surface area (Å²) in [4.78, 5) is 15.4. The summed E-state index contributed by atoms with van der Waals surface area (Å²) in [7, 11) is -0.821. The molecule has 7 nitrogen and oxygen atoms in total. The SMILES string of the molecule is CC(=O)Oc1cc(OC2CS(=O)C2)nn1-c1ncccc1Cl. The summed E-state index contributed by atoms with van der Waals surface area (Å²) < 4.78 is 23.1. The number of esters is 1. The van der Waals surface area contributed by atoms with Crippen molar-refractivity contribution in [3.05, 3.63) is 29.4 Å². The van der Waals surface area contributed by atoms with Gasteiger partial charge in [-0.1, -0.05) is 11.6 Å². The molecule has 0 unspecified atom stereocenters. The molecule has 3 heterocycles. The number of carbonyl (C=O) groups is 1. The molecule has 0 amide bonds. The van der Waals surface area contributed by atoms with Crippen LogP contribution < -0.4 is 9.47 Å². The van der Waals surface area contributed by atoms with E-state index < -0.39 is 16.8 Å². The first-order valence-electron chi connectivity index (χ1n) is 6.44. The molecule has 1 aliphatic heterocycles. The van der Waals surface area contributed by atoms with Gasteiger partial charge < -0.3 is 9.47 Å². The topological polar surface area (TPSA) is 83.3 Å². The van der Waals surface area contributed by atoms with E-state index in [0.29, 0.717) is 22.3 Å². The van der Waals surface area contributed by atoms with Crippen LogP contribution in [-0.2, 0) is 15.6 Å². The molecule has 0 radical (unpaired) electrons. The fourth-order valence-electron chi connectivity index (χ4n) is 1.91. The van der Waals surface area contributed by atoms with Gasteiger partial charge in [0.05, 0.1) is 22.6 Å². The highest BCUT2D eigenvalue weighted by Crippen LogP contribution is 2.28. The molecule has 116 valence electrons. The Morgan fingerprint density at radius 3 is 2.91 bits per heavy atom. The molecular weight excluding hydrogens is 330 g/mol. The molecule has 3 rings (SSSR count). The molecule has 1 saturated heterocycles. The van der Waals surface area contributed by atoms with Crippen molar-refractivity contribution in [2.45, 2.75) is 13.0 Å². The van der Waals surface area contributed by atoms with Gasteiger partial charge in [-0.25, -0.2) is 4.98 Å². The first-order valence-corrected chi connectivity index (χ1v) is 8.30. The number of pyridine rings is 1. The maximum atomic E-state index is 11.2. The lowest BCUT2D eigenvalue weighted by Crippen LogP contribution is -2.41. The van der Waals surface area contributed by atoms with E-state index in [9.17, 15) is 9.00 Å². The largest absolute Gasteiger partial charge is 0.471 e. The summed E-state index contributed by atoms with van der Waals surface area (Å²) in [6, 6.07) is 4.81. The van der Waals surface area contributed by atoms with Crippen LogP contribution in [0.4, 0.5) is 0 Å². The van der Waals surface area contributed by atoms with E-state index in [0.717, 1.165) is 0 Å². The predicted octanol–water partition coefficient (Wildman–Crippen LogP) is 1.36. The van der Waals surface area contributed by atoms with Gasteiger partial charge in [0.25, 0.3) is 0 Å². The summed E-state index contributed by atoms with van der Waals surface area (Å²) in [5.74, 6) is 1.19. The first-order chi connectivity index (χ1) is 10.5. The first kappa shape index (κ1) is 15.0. The Kier molecular flexibility index (Phi) is 4.12. The van der Waals surface area contributed by atoms with Crippen molar-refractivity contribution >= 4 is 28.4 Å². The number of hydrogen-bond donors (Lipinski definition) is 0. The Morgan fingerprint density at radius 2 is 2.27 bits per heavy atom. The van der Waals surface area contributed by atoms with Crippen molar-refractivity contribution in [1.82, 2.24) is 14.8 Å². The fraction of sp³-hybridized carbons (Fsp3) is 0.308. The van der Waals surface area contributed by atoms with Gasteiger partial charge in [-0.05, 0) is 12.1 Å². The summed E-state index contributed by atoms with van der Waals surface area (Å²) in [6.07, 6.45) is 1.41. The monoisotopic (exact) mass is 341 g/mol. The Hall–Kier alpha value is -1.93. The minimum atomic E-state index is -0.821. The number of aromatic nitrogens is 3. The number of carbonyl (C=O) groups excluding carboxylic acids is 1. The van der Waals surface area contributed by atoms with Gasteiger partial charge >= 0.3 is 5.97 Å². The van der Waals surface area contributed by atoms with E-state index in [-0.39, 0.29) is 17.9 Å². The molecule has 2 aromatic heterocycles. The number of hydrogen-bond acceptors (Lipinski definition) is 6. The predicted molar refractivity (Wildman–Crippen MR) is 80.0 cm³/mol. The highest BCUT2D eigenvalue weighted by atomic mass is 35.5. The lowest BCUT2D eigenvalue weighted by atomic mass is 10.4. The standard InChI is InChI=1S/C13H12ClN3O4S/c1-8(18)20-12-5-11(21-9-6-22(19)7-9)16-17(12)13-10(14)3-2-4-15-13/h2-5,9H,6-7H2,1H3. The van der Waals surface area contributed by atoms with Crippen LogP contribution in [0.5, 0.6) is 11.8 Å². The zero-order valence-corrected chi connectivity index (χ0v) is 13.1. The minimum Gasteiger partial charge on any atom is -0.471 e. The van der Waals surface area contributed by atoms with Gasteiger partial charge in [0.1, 0.15) is 6.10 Å². The molecule has 1 fully saturated rings. The molecule has 0 bridgehead atoms. The van der Waals surface area contributed by atoms with Crippen LogP contribution in [0.25, 0.3) is 5.82 Å². The Labute approximate surface area is 133 Å². The maximum Gasteiger partial charge on any atom is 0.309 e. The highest BCUT2D eigenvalue weighted by molar-refractivity contribution is 7.86. The quantitative estimate of drug-likeness (QED) is 0.781. The summed E-state index contributed by atoms with van der Waals surface area (Å²) >= 11 is 6.10. The van der Waals surface area contributed by atoms with Crippen molar-refractivity contribution in [1.29, 1.82) is 0 Å². The molecule has 9 heteroatoms. The number of ether oxygens (including phenoxy) is 2. The molecule has 22 heavy (non-hydrogen) atoms. The van der Waals surface area contributed by atoms with E-state index in [1.165, 1.54) is 17.7 Å². The molecule has 1 aliphatic rings. The van der Waals surface area contributed by atoms with Gasteiger partial charge in [-0.15, -0.1) is 5.10 Å². The number of nitrogens with zero attached hydrogens (tertiary/aromatic N) is 3. The van der Waals surface area contributed by atoms with Crippen molar-refractivity contribution in [3.63, 3.8) is 0 Å². The molecule has 0 saturated carbocycles. The number of halogens is 1. The maximum absolute atomic E-state index is 11.2. The van der Waals surface area contributed by atoms with Gasteiger partial charge in [0.15, 0.2) is 5.82 Å². The van der Waals surface area contributed by atoms with Crippen LogP contribution in [0, 0.1) is 0 Å². The third-order valence-corrected chi connectivity index (χ3v) is 4.66. The van der Waals surface area contributed by atoms with Crippen molar-refractivity contribution in [3.8, 4) is 17.6 Å². The normalized spacial score (nSPS) is 20.3. The highest BCUT2D eigenvalue weighted by Gasteiger charge is 2.28. The van der Waals surface area contributed by atoms with Crippen LogP contribution in [-0.4, -0.2) is 42.6 Å². The van der Waals surface area contributed by atoms with Crippen molar-refractivity contribution in [2.75, 3.05) is 11.5 Å². The lowest BCUT2D eigenvalue weighted by Gasteiger charge is -2.24. The van der Waals surface area contributed by atoms with Gasteiger partial charge in [-0.2, -0.15) is 4.68 Å². The van der Waals surface area contributed by atoms with Crippen LogP contribution in [0.3, 0.4) is 0 Å². The Morgan fingerprint density at radius 1 is 1.50 bits per heavy atom. The van der Waals surface area contributed by atoms with E-state index in [1.807, 2.05) is 0 Å². The van der Waals surface area contributed by atoms with E-state index in [4.69, 9.17) is 21.1 Å². The van der Waals surface area contributed by atoms with E-state index >= 15 is 0 Å². The summed E-state index contributed by atoms with van der Waals surface area (Å²) in [5, 5.41) is 4.57. The Bertz CT molecular complexity index is 741.